The van der Waals surface area contributed by atoms with Crippen LogP contribution >= 0.6 is 0 Å². The number of nitrogens with zero attached hydrogens (tertiary/aromatic N) is 1. The molecule has 1 aliphatic rings. The standard InChI is InChI=1S/C24H20FNO3/c1-15-7-9-16(10-8-15)21-22(19-5-3-4-6-20(19)25)26(24(28)23(21)27)17-11-13-18(29-2)14-12-17/h3-14,22,27H,1-2H3. The molecule has 1 heterocycles. The monoisotopic (exact) mass is 389 g/mol. The topological polar surface area (TPSA) is 49.8 Å². The van der Waals surface area contributed by atoms with Crippen molar-refractivity contribution in [1.29, 1.82) is 0 Å². The Morgan fingerprint density at radius 3 is 2.24 bits per heavy atom. The van der Waals surface area contributed by atoms with Crippen molar-refractivity contribution in [3.63, 3.8) is 0 Å². The second-order valence-corrected chi connectivity index (χ2v) is 6.93. The number of halogens is 1. The summed E-state index contributed by atoms with van der Waals surface area (Å²) in [6.07, 6.45) is 0. The van der Waals surface area contributed by atoms with E-state index in [4.69, 9.17) is 4.74 Å². The van der Waals surface area contributed by atoms with Gasteiger partial charge in [0.2, 0.25) is 0 Å². The molecule has 146 valence electrons. The van der Waals surface area contributed by atoms with Gasteiger partial charge in [0.1, 0.15) is 11.6 Å². The maximum absolute atomic E-state index is 14.8. The molecule has 1 unspecified atom stereocenters. The molecule has 1 aliphatic heterocycles. The summed E-state index contributed by atoms with van der Waals surface area (Å²) < 4.78 is 20.0. The molecule has 0 aromatic heterocycles. The van der Waals surface area contributed by atoms with E-state index in [1.165, 1.54) is 11.0 Å². The van der Waals surface area contributed by atoms with Crippen LogP contribution < -0.4 is 9.64 Å². The van der Waals surface area contributed by atoms with Gasteiger partial charge in [-0.15, -0.1) is 0 Å². The van der Waals surface area contributed by atoms with Crippen molar-refractivity contribution < 1.29 is 19.0 Å². The number of anilines is 1. The highest BCUT2D eigenvalue weighted by atomic mass is 19.1. The zero-order valence-corrected chi connectivity index (χ0v) is 16.1. The zero-order valence-electron chi connectivity index (χ0n) is 16.1. The summed E-state index contributed by atoms with van der Waals surface area (Å²) in [6, 6.07) is 19.9. The minimum absolute atomic E-state index is 0.316. The molecule has 4 nitrogen and oxygen atoms in total. The van der Waals surface area contributed by atoms with Crippen molar-refractivity contribution in [2.24, 2.45) is 0 Å². The predicted molar refractivity (Wildman–Crippen MR) is 110 cm³/mol. The third-order valence-corrected chi connectivity index (χ3v) is 5.12. The minimum Gasteiger partial charge on any atom is -0.503 e. The summed E-state index contributed by atoms with van der Waals surface area (Å²) >= 11 is 0. The Kier molecular flexibility index (Phi) is 4.80. The molecular weight excluding hydrogens is 369 g/mol. The summed E-state index contributed by atoms with van der Waals surface area (Å²) in [6.45, 7) is 1.95. The summed E-state index contributed by atoms with van der Waals surface area (Å²) in [5, 5.41) is 10.8. The summed E-state index contributed by atoms with van der Waals surface area (Å²) in [5.74, 6) is -0.751. The van der Waals surface area contributed by atoms with Crippen molar-refractivity contribution in [3.05, 3.63) is 101 Å². The van der Waals surface area contributed by atoms with Gasteiger partial charge in [-0.05, 0) is 42.8 Å². The van der Waals surface area contributed by atoms with E-state index in [0.29, 0.717) is 28.1 Å². The first-order chi connectivity index (χ1) is 14.0. The molecule has 1 atom stereocenters. The number of hydrogen-bond donors (Lipinski definition) is 1. The van der Waals surface area contributed by atoms with Gasteiger partial charge in [-0.3, -0.25) is 9.69 Å². The minimum atomic E-state index is -0.792. The van der Waals surface area contributed by atoms with Crippen LogP contribution in [0.4, 0.5) is 10.1 Å². The first-order valence-electron chi connectivity index (χ1n) is 9.23. The Morgan fingerprint density at radius 1 is 0.966 bits per heavy atom. The first kappa shape index (κ1) is 18.7. The van der Waals surface area contributed by atoms with Gasteiger partial charge < -0.3 is 9.84 Å². The van der Waals surface area contributed by atoms with Crippen LogP contribution in [0.25, 0.3) is 5.57 Å². The van der Waals surface area contributed by atoms with E-state index in [1.54, 1.807) is 49.6 Å². The number of rotatable bonds is 4. The van der Waals surface area contributed by atoms with E-state index < -0.39 is 17.8 Å². The molecule has 3 aromatic carbocycles. The molecule has 4 rings (SSSR count). The molecule has 0 radical (unpaired) electrons. The Hall–Kier alpha value is -3.60. The van der Waals surface area contributed by atoms with Crippen LogP contribution in [0.2, 0.25) is 0 Å². The van der Waals surface area contributed by atoms with E-state index in [-0.39, 0.29) is 5.76 Å². The van der Waals surface area contributed by atoms with Crippen molar-refractivity contribution in [2.45, 2.75) is 13.0 Å². The van der Waals surface area contributed by atoms with E-state index in [1.807, 2.05) is 31.2 Å². The number of aliphatic hydroxyl groups is 1. The van der Waals surface area contributed by atoms with Crippen LogP contribution in [0.15, 0.2) is 78.6 Å². The van der Waals surface area contributed by atoms with Gasteiger partial charge in [-0.25, -0.2) is 4.39 Å². The normalized spacial score (nSPS) is 16.4. The fraction of sp³-hybridized carbons (Fsp3) is 0.125. The quantitative estimate of drug-likeness (QED) is 0.667. The lowest BCUT2D eigenvalue weighted by Gasteiger charge is -2.28. The summed E-state index contributed by atoms with van der Waals surface area (Å²) in [7, 11) is 1.56. The number of benzene rings is 3. The third-order valence-electron chi connectivity index (χ3n) is 5.12. The molecule has 1 amide bonds. The summed E-state index contributed by atoms with van der Waals surface area (Å²) in [4.78, 5) is 14.5. The van der Waals surface area contributed by atoms with Crippen molar-refractivity contribution >= 4 is 17.2 Å². The van der Waals surface area contributed by atoms with Crippen molar-refractivity contribution in [2.75, 3.05) is 12.0 Å². The highest BCUT2D eigenvalue weighted by Crippen LogP contribution is 2.46. The van der Waals surface area contributed by atoms with Gasteiger partial charge in [0, 0.05) is 16.8 Å². The van der Waals surface area contributed by atoms with Gasteiger partial charge in [0.25, 0.3) is 5.91 Å². The Bertz CT molecular complexity index is 1090. The zero-order chi connectivity index (χ0) is 20.5. The smallest absolute Gasteiger partial charge is 0.294 e. The van der Waals surface area contributed by atoms with Gasteiger partial charge in [0.15, 0.2) is 5.76 Å². The van der Waals surface area contributed by atoms with Crippen molar-refractivity contribution in [1.82, 2.24) is 0 Å². The Labute approximate surface area is 168 Å². The maximum atomic E-state index is 14.8. The SMILES string of the molecule is COc1ccc(N2C(=O)C(O)=C(c3ccc(C)cc3)C2c2ccccc2F)cc1. The molecule has 0 saturated carbocycles. The number of hydrogen-bond acceptors (Lipinski definition) is 3. The first-order valence-corrected chi connectivity index (χ1v) is 9.23. The van der Waals surface area contributed by atoms with E-state index in [0.717, 1.165) is 5.56 Å². The fourth-order valence-corrected chi connectivity index (χ4v) is 3.63. The van der Waals surface area contributed by atoms with Crippen LogP contribution in [0.5, 0.6) is 5.75 Å². The number of amides is 1. The highest BCUT2D eigenvalue weighted by molar-refractivity contribution is 6.16. The molecule has 0 spiro atoms. The van der Waals surface area contributed by atoms with E-state index in [9.17, 15) is 14.3 Å². The summed E-state index contributed by atoms with van der Waals surface area (Å²) in [5.41, 5.74) is 2.96. The predicted octanol–water partition coefficient (Wildman–Crippen LogP) is 5.20. The molecular formula is C24H20FNO3. The van der Waals surface area contributed by atoms with Gasteiger partial charge in [-0.1, -0.05) is 48.0 Å². The molecule has 1 N–H and O–H groups in total. The Morgan fingerprint density at radius 2 is 1.62 bits per heavy atom. The number of methoxy groups -OCH3 is 1. The Balaban J connectivity index is 1.90. The molecule has 0 bridgehead atoms. The van der Waals surface area contributed by atoms with E-state index >= 15 is 0 Å². The number of carbonyl (C=O) groups excluding carboxylic acids is 1. The van der Waals surface area contributed by atoms with Crippen LogP contribution in [0.3, 0.4) is 0 Å². The number of aryl methyl sites for hydroxylation is 1. The lowest BCUT2D eigenvalue weighted by molar-refractivity contribution is -0.117. The number of ether oxygens (including phenoxy) is 1. The average molecular weight is 389 g/mol. The molecule has 29 heavy (non-hydrogen) atoms. The van der Waals surface area contributed by atoms with E-state index in [2.05, 4.69) is 0 Å². The van der Waals surface area contributed by atoms with Crippen LogP contribution in [-0.4, -0.2) is 18.1 Å². The number of aliphatic hydroxyl groups excluding tert-OH is 1. The van der Waals surface area contributed by atoms with Crippen molar-refractivity contribution in [3.8, 4) is 5.75 Å². The fourth-order valence-electron chi connectivity index (χ4n) is 3.63. The van der Waals surface area contributed by atoms with Crippen LogP contribution in [0, 0.1) is 12.7 Å². The van der Waals surface area contributed by atoms with Gasteiger partial charge in [0.05, 0.1) is 13.2 Å². The lowest BCUT2D eigenvalue weighted by Crippen LogP contribution is -2.30. The molecule has 5 heteroatoms. The van der Waals surface area contributed by atoms with Crippen LogP contribution in [0.1, 0.15) is 22.7 Å². The van der Waals surface area contributed by atoms with Gasteiger partial charge in [-0.2, -0.15) is 0 Å². The lowest BCUT2D eigenvalue weighted by atomic mass is 9.92. The van der Waals surface area contributed by atoms with Crippen LogP contribution in [-0.2, 0) is 4.79 Å². The largest absolute Gasteiger partial charge is 0.503 e. The number of carbonyl (C=O) groups is 1. The molecule has 0 aliphatic carbocycles. The van der Waals surface area contributed by atoms with Gasteiger partial charge >= 0.3 is 0 Å². The molecule has 0 fully saturated rings. The highest BCUT2D eigenvalue weighted by Gasteiger charge is 2.43. The second-order valence-electron chi connectivity index (χ2n) is 6.93. The average Bonchev–Trinajstić information content (AvgIpc) is 3.00. The maximum Gasteiger partial charge on any atom is 0.294 e. The second kappa shape index (κ2) is 7.43. The third kappa shape index (κ3) is 3.25. The molecule has 0 saturated heterocycles. The molecule has 3 aromatic rings.